The number of nitrogens with two attached hydrogens (primary N) is 1. The van der Waals surface area contributed by atoms with Gasteiger partial charge in [0.2, 0.25) is 5.91 Å². The van der Waals surface area contributed by atoms with Crippen LogP contribution in [0.1, 0.15) is 90.2 Å². The second-order valence-electron chi connectivity index (χ2n) is 11.2. The number of hydrazine groups is 1. The normalized spacial score (nSPS) is 25.4. The summed E-state index contributed by atoms with van der Waals surface area (Å²) >= 11 is 0. The van der Waals surface area contributed by atoms with Crippen molar-refractivity contribution in [3.63, 3.8) is 0 Å². The predicted molar refractivity (Wildman–Crippen MR) is 150 cm³/mol. The fourth-order valence-electron chi connectivity index (χ4n) is 5.15. The van der Waals surface area contributed by atoms with Gasteiger partial charge in [0, 0.05) is 24.8 Å². The number of esters is 1. The minimum atomic E-state index is -1.27. The van der Waals surface area contributed by atoms with Crippen molar-refractivity contribution in [1.82, 2.24) is 15.8 Å². The molecule has 4 N–H and O–H groups in total. The maximum Gasteiger partial charge on any atom is 0.306 e. The van der Waals surface area contributed by atoms with Gasteiger partial charge in [-0.2, -0.15) is 0 Å². The fourth-order valence-corrected chi connectivity index (χ4v) is 5.15. The fraction of sp³-hybridized carbons (Fsp3) is 0.600. The van der Waals surface area contributed by atoms with E-state index in [1.165, 1.54) is 16.1 Å². The molecule has 9 heteroatoms. The third-order valence-electron chi connectivity index (χ3n) is 8.03. The van der Waals surface area contributed by atoms with Gasteiger partial charge in [-0.15, -0.1) is 0 Å². The SMILES string of the molecule is CC(C)c1cccc(/C=C/CCCCC(=O)OC2(C(=O)N[C@@H](C)C(=O)N3CCC[C@@H](C(N)=O)N3)C(C)[C@H]2C)c1. The highest BCUT2D eigenvalue weighted by molar-refractivity contribution is 5.95. The number of carbonyl (C=O) groups is 4. The van der Waals surface area contributed by atoms with Gasteiger partial charge in [-0.05, 0) is 56.1 Å². The smallest absolute Gasteiger partial charge is 0.306 e. The van der Waals surface area contributed by atoms with E-state index < -0.39 is 35.5 Å². The molecule has 39 heavy (non-hydrogen) atoms. The van der Waals surface area contributed by atoms with Crippen molar-refractivity contribution in [3.8, 4) is 0 Å². The molecule has 3 rings (SSSR count). The topological polar surface area (TPSA) is 131 Å². The minimum absolute atomic E-state index is 0.152. The first-order chi connectivity index (χ1) is 18.5. The van der Waals surface area contributed by atoms with Crippen LogP contribution in [0.5, 0.6) is 0 Å². The molecular formula is C30H44N4O5. The highest BCUT2D eigenvalue weighted by Crippen LogP contribution is 2.53. The summed E-state index contributed by atoms with van der Waals surface area (Å²) in [6.07, 6.45) is 7.97. The number of carbonyl (C=O) groups excluding carboxylic acids is 4. The van der Waals surface area contributed by atoms with Crippen molar-refractivity contribution in [2.45, 2.75) is 96.7 Å². The summed E-state index contributed by atoms with van der Waals surface area (Å²) < 4.78 is 5.75. The zero-order chi connectivity index (χ0) is 28.7. The van der Waals surface area contributed by atoms with E-state index in [1.54, 1.807) is 6.92 Å². The van der Waals surface area contributed by atoms with E-state index in [-0.39, 0.29) is 24.2 Å². The Morgan fingerprint density at radius 3 is 2.54 bits per heavy atom. The van der Waals surface area contributed by atoms with Gasteiger partial charge >= 0.3 is 5.97 Å². The molecule has 2 unspecified atom stereocenters. The molecule has 1 heterocycles. The molecule has 2 fully saturated rings. The molecule has 1 saturated carbocycles. The molecular weight excluding hydrogens is 496 g/mol. The van der Waals surface area contributed by atoms with Crippen LogP contribution in [0.3, 0.4) is 0 Å². The summed E-state index contributed by atoms with van der Waals surface area (Å²) in [5.74, 6) is -1.59. The Hall–Kier alpha value is -3.20. The second kappa shape index (κ2) is 13.2. The summed E-state index contributed by atoms with van der Waals surface area (Å²) in [6, 6.07) is 6.99. The summed E-state index contributed by atoms with van der Waals surface area (Å²) in [5.41, 5.74) is 9.40. The zero-order valence-corrected chi connectivity index (χ0v) is 23.9. The lowest BCUT2D eigenvalue weighted by atomic mass is 10.0. The molecule has 1 aromatic rings. The van der Waals surface area contributed by atoms with Crippen molar-refractivity contribution in [2.75, 3.05) is 6.54 Å². The average Bonchev–Trinajstić information content (AvgIpc) is 3.44. The Kier molecular flexibility index (Phi) is 10.3. The maximum absolute atomic E-state index is 13.2. The Labute approximate surface area is 231 Å². The standard InChI is InChI=1S/C30H44N4O5/c1-19(2)24-14-10-13-23(18-24)12-8-6-7-9-16-26(35)39-30(20(3)21(30)4)29(38)32-22(5)28(37)34-17-11-15-25(33-34)27(31)36/h8,10,12-14,18-22,25,33H,6-7,9,11,15-17H2,1-5H3,(H2,31,36)(H,32,38)/b12-8+/t20-,21?,22+,25+,30?/m1/s1. The number of hydrogen-bond donors (Lipinski definition) is 3. The van der Waals surface area contributed by atoms with Gasteiger partial charge in [0.15, 0.2) is 5.60 Å². The summed E-state index contributed by atoms with van der Waals surface area (Å²) in [5, 5.41) is 4.06. The van der Waals surface area contributed by atoms with Crippen LogP contribution in [0.4, 0.5) is 0 Å². The van der Waals surface area contributed by atoms with E-state index in [0.29, 0.717) is 31.7 Å². The molecule has 5 atom stereocenters. The van der Waals surface area contributed by atoms with Gasteiger partial charge in [0.1, 0.15) is 12.1 Å². The molecule has 3 amide bonds. The van der Waals surface area contributed by atoms with Crippen LogP contribution in [0.15, 0.2) is 30.3 Å². The van der Waals surface area contributed by atoms with Gasteiger partial charge in [0.25, 0.3) is 11.8 Å². The van der Waals surface area contributed by atoms with Gasteiger partial charge < -0.3 is 15.8 Å². The number of hydrogen-bond acceptors (Lipinski definition) is 6. The van der Waals surface area contributed by atoms with Crippen LogP contribution in [-0.2, 0) is 23.9 Å². The largest absolute Gasteiger partial charge is 0.448 e. The number of unbranched alkanes of at least 4 members (excludes halogenated alkanes) is 2. The number of ether oxygens (including phenoxy) is 1. The second-order valence-corrected chi connectivity index (χ2v) is 11.2. The molecule has 1 saturated heterocycles. The van der Waals surface area contributed by atoms with Crippen LogP contribution in [0, 0.1) is 11.8 Å². The number of primary amides is 1. The van der Waals surface area contributed by atoms with Gasteiger partial charge in [-0.1, -0.05) is 64.1 Å². The lowest BCUT2D eigenvalue weighted by Crippen LogP contribution is -2.61. The highest BCUT2D eigenvalue weighted by atomic mass is 16.6. The third kappa shape index (κ3) is 7.47. The number of nitrogens with zero attached hydrogens (tertiary/aromatic N) is 1. The van der Waals surface area contributed by atoms with Crippen molar-refractivity contribution in [1.29, 1.82) is 0 Å². The van der Waals surface area contributed by atoms with Crippen molar-refractivity contribution >= 4 is 29.8 Å². The van der Waals surface area contributed by atoms with Crippen LogP contribution >= 0.6 is 0 Å². The predicted octanol–water partition coefficient (Wildman–Crippen LogP) is 3.44. The van der Waals surface area contributed by atoms with Gasteiger partial charge in [-0.25, -0.2) is 5.43 Å². The minimum Gasteiger partial charge on any atom is -0.448 e. The van der Waals surface area contributed by atoms with Gasteiger partial charge in [0.05, 0.1) is 0 Å². The Morgan fingerprint density at radius 2 is 1.90 bits per heavy atom. The molecule has 2 aliphatic rings. The third-order valence-corrected chi connectivity index (χ3v) is 8.03. The van der Waals surface area contributed by atoms with Crippen molar-refractivity contribution in [3.05, 3.63) is 41.5 Å². The molecule has 0 aromatic heterocycles. The van der Waals surface area contributed by atoms with Gasteiger partial charge in [-0.3, -0.25) is 24.2 Å². The van der Waals surface area contributed by atoms with Crippen LogP contribution < -0.4 is 16.5 Å². The van der Waals surface area contributed by atoms with E-state index in [4.69, 9.17) is 10.5 Å². The van der Waals surface area contributed by atoms with E-state index >= 15 is 0 Å². The number of rotatable bonds is 12. The first-order valence-corrected chi connectivity index (χ1v) is 14.1. The van der Waals surface area contributed by atoms with Crippen LogP contribution in [0.2, 0.25) is 0 Å². The zero-order valence-electron chi connectivity index (χ0n) is 23.9. The maximum atomic E-state index is 13.2. The number of allylic oxidation sites excluding steroid dienone is 1. The molecule has 0 bridgehead atoms. The molecule has 0 spiro atoms. The van der Waals surface area contributed by atoms with Crippen molar-refractivity contribution in [2.24, 2.45) is 17.6 Å². The monoisotopic (exact) mass is 540 g/mol. The van der Waals surface area contributed by atoms with Crippen molar-refractivity contribution < 1.29 is 23.9 Å². The number of nitrogens with one attached hydrogen (secondary N) is 2. The van der Waals surface area contributed by atoms with E-state index in [1.807, 2.05) is 13.8 Å². The quantitative estimate of drug-likeness (QED) is 0.275. The first-order valence-electron chi connectivity index (χ1n) is 14.1. The molecule has 1 aliphatic heterocycles. The van der Waals surface area contributed by atoms with E-state index in [2.05, 4.69) is 61.0 Å². The molecule has 1 aromatic carbocycles. The Morgan fingerprint density at radius 1 is 1.18 bits per heavy atom. The Bertz CT molecular complexity index is 1080. The lowest BCUT2D eigenvalue weighted by Gasteiger charge is -2.34. The number of amides is 3. The average molecular weight is 541 g/mol. The first kappa shape index (κ1) is 30.3. The molecule has 0 radical (unpaired) electrons. The Balaban J connectivity index is 1.45. The summed E-state index contributed by atoms with van der Waals surface area (Å²) in [4.78, 5) is 50.3. The molecule has 1 aliphatic carbocycles. The highest BCUT2D eigenvalue weighted by Gasteiger charge is 2.68. The molecule has 9 nitrogen and oxygen atoms in total. The summed E-state index contributed by atoms with van der Waals surface area (Å²) in [7, 11) is 0. The van der Waals surface area contributed by atoms with E-state index in [9.17, 15) is 19.2 Å². The van der Waals surface area contributed by atoms with Crippen LogP contribution in [0.25, 0.3) is 6.08 Å². The van der Waals surface area contributed by atoms with Crippen LogP contribution in [-0.4, -0.2) is 52.9 Å². The summed E-state index contributed by atoms with van der Waals surface area (Å²) in [6.45, 7) is 10.1. The number of benzene rings is 1. The molecule has 214 valence electrons. The van der Waals surface area contributed by atoms with E-state index in [0.717, 1.165) is 12.8 Å². The lowest BCUT2D eigenvalue weighted by molar-refractivity contribution is -0.161.